The van der Waals surface area contributed by atoms with Gasteiger partial charge in [-0.1, -0.05) is 25.6 Å². The summed E-state index contributed by atoms with van der Waals surface area (Å²) in [6, 6.07) is -1.52. The number of thioether (sulfide) groups is 1. The zero-order chi connectivity index (χ0) is 13.0. The van der Waals surface area contributed by atoms with Gasteiger partial charge in [0.15, 0.2) is 0 Å². The molecule has 1 rings (SSSR count). The van der Waals surface area contributed by atoms with Crippen molar-refractivity contribution in [3.8, 4) is 0 Å². The van der Waals surface area contributed by atoms with Crippen LogP contribution in [0.1, 0.15) is 20.3 Å². The fraction of sp³-hybridized carbons (Fsp3) is 0.700. The predicted molar refractivity (Wildman–Crippen MR) is 63.8 cm³/mol. The molecule has 0 aromatic rings. The van der Waals surface area contributed by atoms with Gasteiger partial charge in [0.05, 0.1) is 0 Å². The van der Waals surface area contributed by atoms with E-state index in [1.165, 1.54) is 0 Å². The Morgan fingerprint density at radius 1 is 1.59 bits per heavy atom. The van der Waals surface area contributed by atoms with Gasteiger partial charge in [-0.3, -0.25) is 9.59 Å². The van der Waals surface area contributed by atoms with Crippen LogP contribution >= 0.6 is 11.8 Å². The van der Waals surface area contributed by atoms with E-state index in [4.69, 9.17) is 5.11 Å². The summed E-state index contributed by atoms with van der Waals surface area (Å²) >= 11 is 1.02. The van der Waals surface area contributed by atoms with Gasteiger partial charge in [-0.2, -0.15) is 0 Å². The molecular formula is C10H16N2O4S. The smallest absolute Gasteiger partial charge is 0.326 e. The van der Waals surface area contributed by atoms with Crippen LogP contribution in [-0.4, -0.2) is 40.1 Å². The van der Waals surface area contributed by atoms with Gasteiger partial charge in [0.25, 0.3) is 5.24 Å². The monoisotopic (exact) mass is 260 g/mol. The van der Waals surface area contributed by atoms with Crippen LogP contribution < -0.4 is 10.6 Å². The Bertz CT molecular complexity index is 332. The molecule has 1 unspecified atom stereocenters. The molecule has 0 spiro atoms. The highest BCUT2D eigenvalue weighted by Crippen LogP contribution is 2.13. The molecule has 0 bridgehead atoms. The average Bonchev–Trinajstić information content (AvgIpc) is 2.63. The Morgan fingerprint density at radius 3 is 2.65 bits per heavy atom. The van der Waals surface area contributed by atoms with Crippen LogP contribution in [0.3, 0.4) is 0 Å². The number of aliphatic carboxylic acids is 1. The number of amides is 2. The molecule has 96 valence electrons. The molecule has 1 saturated heterocycles. The lowest BCUT2D eigenvalue weighted by molar-refractivity contribution is -0.142. The lowest BCUT2D eigenvalue weighted by atomic mass is 10.0. The summed E-state index contributed by atoms with van der Waals surface area (Å²) in [4.78, 5) is 33.5. The average molecular weight is 260 g/mol. The Labute approximate surface area is 104 Å². The molecule has 3 N–H and O–H groups in total. The van der Waals surface area contributed by atoms with Crippen molar-refractivity contribution < 1.29 is 19.5 Å². The highest BCUT2D eigenvalue weighted by Gasteiger charge is 2.31. The van der Waals surface area contributed by atoms with Crippen LogP contribution in [0.25, 0.3) is 0 Å². The first kappa shape index (κ1) is 13.8. The molecule has 0 aromatic carbocycles. The minimum atomic E-state index is -1.05. The second-order valence-corrected chi connectivity index (χ2v) is 5.32. The fourth-order valence-electron chi connectivity index (χ4n) is 1.49. The number of carboxylic acids is 1. The highest BCUT2D eigenvalue weighted by atomic mass is 32.2. The summed E-state index contributed by atoms with van der Waals surface area (Å²) in [5.41, 5.74) is 0. The van der Waals surface area contributed by atoms with Crippen molar-refractivity contribution in [3.63, 3.8) is 0 Å². The van der Waals surface area contributed by atoms with Crippen molar-refractivity contribution in [3.05, 3.63) is 0 Å². The number of rotatable bonds is 5. The third-order valence-corrected chi connectivity index (χ3v) is 3.19. The molecule has 1 aliphatic rings. The van der Waals surface area contributed by atoms with Crippen LogP contribution in [0.5, 0.6) is 0 Å². The van der Waals surface area contributed by atoms with Crippen molar-refractivity contribution in [2.45, 2.75) is 32.4 Å². The van der Waals surface area contributed by atoms with Gasteiger partial charge in [0, 0.05) is 5.75 Å². The maximum atomic E-state index is 11.7. The van der Waals surface area contributed by atoms with Gasteiger partial charge in [0.2, 0.25) is 5.91 Å². The van der Waals surface area contributed by atoms with E-state index >= 15 is 0 Å². The van der Waals surface area contributed by atoms with Crippen LogP contribution in [-0.2, 0) is 9.59 Å². The van der Waals surface area contributed by atoms with E-state index in [1.807, 2.05) is 13.8 Å². The molecule has 1 heterocycles. The normalized spacial score (nSPS) is 21.1. The quantitative estimate of drug-likeness (QED) is 0.666. The van der Waals surface area contributed by atoms with Crippen LogP contribution in [0.15, 0.2) is 0 Å². The van der Waals surface area contributed by atoms with Crippen molar-refractivity contribution in [1.82, 2.24) is 10.6 Å². The van der Waals surface area contributed by atoms with Crippen molar-refractivity contribution in [2.75, 3.05) is 5.75 Å². The second-order valence-electron chi connectivity index (χ2n) is 4.32. The van der Waals surface area contributed by atoms with Crippen LogP contribution in [0.2, 0.25) is 0 Å². The van der Waals surface area contributed by atoms with E-state index in [0.717, 1.165) is 11.8 Å². The SMILES string of the molecule is CC(C)CC(NC(=O)[C@@H]1CSC(=O)N1)C(=O)O. The molecule has 2 amide bonds. The largest absolute Gasteiger partial charge is 0.480 e. The first-order chi connectivity index (χ1) is 7.90. The van der Waals surface area contributed by atoms with E-state index in [-0.39, 0.29) is 11.2 Å². The summed E-state index contributed by atoms with van der Waals surface area (Å²) in [5, 5.41) is 13.6. The Balaban J connectivity index is 2.52. The first-order valence-corrected chi connectivity index (χ1v) is 6.35. The first-order valence-electron chi connectivity index (χ1n) is 5.36. The summed E-state index contributed by atoms with van der Waals surface area (Å²) < 4.78 is 0. The number of carbonyl (C=O) groups is 3. The van der Waals surface area contributed by atoms with Gasteiger partial charge >= 0.3 is 5.97 Å². The lowest BCUT2D eigenvalue weighted by Gasteiger charge is -2.18. The highest BCUT2D eigenvalue weighted by molar-refractivity contribution is 8.14. The molecule has 1 aliphatic heterocycles. The summed E-state index contributed by atoms with van der Waals surface area (Å²) in [6.45, 7) is 3.77. The number of carboxylic acid groups (broad SMARTS) is 1. The molecule has 0 aromatic heterocycles. The van der Waals surface area contributed by atoms with E-state index in [0.29, 0.717) is 12.2 Å². The summed E-state index contributed by atoms with van der Waals surface area (Å²) in [6.07, 6.45) is 0.370. The zero-order valence-electron chi connectivity index (χ0n) is 9.73. The molecule has 1 fully saturated rings. The minimum Gasteiger partial charge on any atom is -0.480 e. The molecular weight excluding hydrogens is 244 g/mol. The molecule has 0 aliphatic carbocycles. The van der Waals surface area contributed by atoms with E-state index in [9.17, 15) is 14.4 Å². The van der Waals surface area contributed by atoms with Crippen molar-refractivity contribution in [1.29, 1.82) is 0 Å². The van der Waals surface area contributed by atoms with E-state index < -0.39 is 24.0 Å². The standard InChI is InChI=1S/C10H16N2O4S/c1-5(2)3-6(9(14)15)11-8(13)7-4-17-10(16)12-7/h5-7H,3-4H2,1-2H3,(H,11,13)(H,12,16)(H,14,15)/t6?,7-/m0/s1. The van der Waals surface area contributed by atoms with Crippen molar-refractivity contribution in [2.24, 2.45) is 5.92 Å². The Kier molecular flexibility index (Phi) is 4.80. The van der Waals surface area contributed by atoms with E-state index in [2.05, 4.69) is 10.6 Å². The molecule has 7 heteroatoms. The fourth-order valence-corrected chi connectivity index (χ4v) is 2.27. The number of hydrogen-bond acceptors (Lipinski definition) is 4. The van der Waals surface area contributed by atoms with Gasteiger partial charge in [-0.25, -0.2) is 4.79 Å². The molecule has 6 nitrogen and oxygen atoms in total. The van der Waals surface area contributed by atoms with Crippen molar-refractivity contribution >= 4 is 28.9 Å². The molecule has 0 radical (unpaired) electrons. The van der Waals surface area contributed by atoms with Crippen LogP contribution in [0.4, 0.5) is 4.79 Å². The molecule has 2 atom stereocenters. The summed E-state index contributed by atoms with van der Waals surface area (Å²) in [5.74, 6) is -0.969. The summed E-state index contributed by atoms with van der Waals surface area (Å²) in [7, 11) is 0. The van der Waals surface area contributed by atoms with Gasteiger partial charge in [-0.05, 0) is 12.3 Å². The number of carbonyl (C=O) groups excluding carboxylic acids is 2. The van der Waals surface area contributed by atoms with Crippen LogP contribution in [0, 0.1) is 5.92 Å². The number of hydrogen-bond donors (Lipinski definition) is 3. The molecule has 17 heavy (non-hydrogen) atoms. The third-order valence-electron chi connectivity index (χ3n) is 2.31. The number of nitrogens with one attached hydrogen (secondary N) is 2. The van der Waals surface area contributed by atoms with Gasteiger partial charge in [0.1, 0.15) is 12.1 Å². The van der Waals surface area contributed by atoms with Gasteiger partial charge in [-0.15, -0.1) is 0 Å². The minimum absolute atomic E-state index is 0.170. The third kappa shape index (κ3) is 4.26. The topological polar surface area (TPSA) is 95.5 Å². The lowest BCUT2D eigenvalue weighted by Crippen LogP contribution is -2.49. The molecule has 0 saturated carbocycles. The Morgan fingerprint density at radius 2 is 2.24 bits per heavy atom. The maximum Gasteiger partial charge on any atom is 0.326 e. The Hall–Kier alpha value is -1.24. The predicted octanol–water partition coefficient (Wildman–Crippen LogP) is 0.427. The maximum absolute atomic E-state index is 11.7. The van der Waals surface area contributed by atoms with E-state index in [1.54, 1.807) is 0 Å². The second kappa shape index (κ2) is 5.90. The zero-order valence-corrected chi connectivity index (χ0v) is 10.5. The van der Waals surface area contributed by atoms with Gasteiger partial charge < -0.3 is 15.7 Å².